The summed E-state index contributed by atoms with van der Waals surface area (Å²) in [7, 11) is 4.08. The van der Waals surface area contributed by atoms with E-state index in [1.54, 1.807) is 6.20 Å². The lowest BCUT2D eigenvalue weighted by Crippen LogP contribution is -2.37. The molecule has 0 fully saturated rings. The lowest BCUT2D eigenvalue weighted by molar-refractivity contribution is -0.132. The molecule has 1 amide bonds. The zero-order valence-electron chi connectivity index (χ0n) is 15.2. The monoisotopic (exact) mass is 337 g/mol. The van der Waals surface area contributed by atoms with Crippen molar-refractivity contribution in [1.29, 1.82) is 0 Å². The van der Waals surface area contributed by atoms with Gasteiger partial charge in [-0.2, -0.15) is 0 Å². The molecule has 1 unspecified atom stereocenters. The third kappa shape index (κ3) is 4.67. The average Bonchev–Trinajstić information content (AvgIpc) is 3.02. The first-order valence-corrected chi connectivity index (χ1v) is 9.03. The quantitative estimate of drug-likeness (QED) is 0.779. The summed E-state index contributed by atoms with van der Waals surface area (Å²) >= 11 is 0. The summed E-state index contributed by atoms with van der Waals surface area (Å²) in [6.07, 6.45) is 4.55. The van der Waals surface area contributed by atoms with E-state index in [1.165, 1.54) is 11.1 Å². The summed E-state index contributed by atoms with van der Waals surface area (Å²) in [6.45, 7) is 2.18. The van der Waals surface area contributed by atoms with Crippen LogP contribution in [0.3, 0.4) is 0 Å². The van der Waals surface area contributed by atoms with Crippen LogP contribution in [0.25, 0.3) is 0 Å². The Labute approximate surface area is 150 Å². The second-order valence-corrected chi connectivity index (χ2v) is 7.08. The number of carbonyl (C=O) groups is 1. The van der Waals surface area contributed by atoms with E-state index < -0.39 is 0 Å². The molecular formula is C21H27N3O. The van der Waals surface area contributed by atoms with Crippen LogP contribution in [-0.4, -0.2) is 47.9 Å². The molecule has 1 aromatic heterocycles. The number of likely N-dealkylation sites (N-methyl/N-ethyl adjacent to an activating group) is 1. The average molecular weight is 337 g/mol. The van der Waals surface area contributed by atoms with Crippen LogP contribution in [0.1, 0.15) is 35.6 Å². The number of amides is 1. The molecule has 0 radical (unpaired) electrons. The zero-order chi connectivity index (χ0) is 17.6. The highest BCUT2D eigenvalue weighted by molar-refractivity contribution is 5.77. The molecule has 0 bridgehead atoms. The first-order valence-electron chi connectivity index (χ1n) is 9.03. The van der Waals surface area contributed by atoms with Crippen LogP contribution in [0.4, 0.5) is 0 Å². The maximum absolute atomic E-state index is 13.0. The summed E-state index contributed by atoms with van der Waals surface area (Å²) < 4.78 is 0. The second-order valence-electron chi connectivity index (χ2n) is 7.08. The summed E-state index contributed by atoms with van der Waals surface area (Å²) in [4.78, 5) is 21.5. The molecule has 25 heavy (non-hydrogen) atoms. The minimum Gasteiger partial charge on any atom is -0.335 e. The second kappa shape index (κ2) is 8.26. The normalized spacial score (nSPS) is 16.0. The van der Waals surface area contributed by atoms with Gasteiger partial charge in [-0.3, -0.25) is 9.78 Å². The van der Waals surface area contributed by atoms with Crippen LogP contribution in [-0.2, 0) is 17.8 Å². The summed E-state index contributed by atoms with van der Waals surface area (Å²) in [5.41, 5.74) is 3.72. The van der Waals surface area contributed by atoms with Crippen LogP contribution in [0.2, 0.25) is 0 Å². The minimum atomic E-state index is 0.231. The van der Waals surface area contributed by atoms with Crippen molar-refractivity contribution in [3.8, 4) is 0 Å². The highest BCUT2D eigenvalue weighted by Gasteiger charge is 2.26. The SMILES string of the molecule is CN(C)CCN(Cc1ccccn1)C(=O)CC1CCc2ccccc21. The number of hydrogen-bond donors (Lipinski definition) is 0. The van der Waals surface area contributed by atoms with Crippen molar-refractivity contribution >= 4 is 5.91 Å². The van der Waals surface area contributed by atoms with Crippen molar-refractivity contribution in [3.63, 3.8) is 0 Å². The molecule has 2 aromatic rings. The van der Waals surface area contributed by atoms with Crippen LogP contribution in [0.15, 0.2) is 48.7 Å². The summed E-state index contributed by atoms with van der Waals surface area (Å²) in [6, 6.07) is 14.4. The van der Waals surface area contributed by atoms with Crippen molar-refractivity contribution in [3.05, 3.63) is 65.5 Å². The number of hydrogen-bond acceptors (Lipinski definition) is 3. The van der Waals surface area contributed by atoms with Gasteiger partial charge < -0.3 is 9.80 Å². The van der Waals surface area contributed by atoms with Gasteiger partial charge in [-0.05, 0) is 56.1 Å². The molecule has 1 aliphatic carbocycles. The van der Waals surface area contributed by atoms with Crippen molar-refractivity contribution < 1.29 is 4.79 Å². The van der Waals surface area contributed by atoms with Gasteiger partial charge >= 0.3 is 0 Å². The standard InChI is InChI=1S/C21H27N3O/c1-23(2)13-14-24(16-19-8-5-6-12-22-19)21(25)15-18-11-10-17-7-3-4-9-20(17)18/h3-9,12,18H,10-11,13-16H2,1-2H3. The molecule has 0 N–H and O–H groups in total. The van der Waals surface area contributed by atoms with Crippen LogP contribution >= 0.6 is 0 Å². The number of rotatable bonds is 7. The van der Waals surface area contributed by atoms with Gasteiger partial charge in [0.25, 0.3) is 0 Å². The van der Waals surface area contributed by atoms with Crippen molar-refractivity contribution in [1.82, 2.24) is 14.8 Å². The smallest absolute Gasteiger partial charge is 0.223 e. The lowest BCUT2D eigenvalue weighted by Gasteiger charge is -2.25. The Kier molecular flexibility index (Phi) is 5.82. The van der Waals surface area contributed by atoms with Crippen molar-refractivity contribution in [2.45, 2.75) is 31.7 Å². The van der Waals surface area contributed by atoms with Gasteiger partial charge in [0.1, 0.15) is 0 Å². The molecule has 132 valence electrons. The van der Waals surface area contributed by atoms with E-state index in [0.29, 0.717) is 18.9 Å². The molecule has 4 nitrogen and oxygen atoms in total. The summed E-state index contributed by atoms with van der Waals surface area (Å²) in [5, 5.41) is 0. The Hall–Kier alpha value is -2.20. The molecule has 4 heteroatoms. The fraction of sp³-hybridized carbons (Fsp3) is 0.429. The van der Waals surface area contributed by atoms with E-state index in [0.717, 1.165) is 31.6 Å². The molecule has 0 saturated carbocycles. The van der Waals surface area contributed by atoms with E-state index in [9.17, 15) is 4.79 Å². The Bertz CT molecular complexity index is 699. The fourth-order valence-electron chi connectivity index (χ4n) is 3.50. The van der Waals surface area contributed by atoms with Gasteiger partial charge in [0.2, 0.25) is 5.91 Å². The van der Waals surface area contributed by atoms with Crippen LogP contribution in [0, 0.1) is 0 Å². The molecule has 1 aliphatic rings. The van der Waals surface area contributed by atoms with E-state index in [4.69, 9.17) is 0 Å². The molecular weight excluding hydrogens is 310 g/mol. The van der Waals surface area contributed by atoms with Gasteiger partial charge in [-0.1, -0.05) is 30.3 Å². The number of fused-ring (bicyclic) bond motifs is 1. The summed E-state index contributed by atoms with van der Waals surface area (Å²) in [5.74, 6) is 0.587. The van der Waals surface area contributed by atoms with Gasteiger partial charge in [0.15, 0.2) is 0 Å². The first kappa shape index (κ1) is 17.6. The molecule has 3 rings (SSSR count). The largest absolute Gasteiger partial charge is 0.335 e. The Morgan fingerprint density at radius 3 is 2.68 bits per heavy atom. The van der Waals surface area contributed by atoms with Gasteiger partial charge in [-0.25, -0.2) is 0 Å². The number of benzene rings is 1. The number of nitrogens with zero attached hydrogens (tertiary/aromatic N) is 3. The van der Waals surface area contributed by atoms with Gasteiger partial charge in [0, 0.05) is 25.7 Å². The maximum atomic E-state index is 13.0. The van der Waals surface area contributed by atoms with Crippen LogP contribution < -0.4 is 0 Å². The lowest BCUT2D eigenvalue weighted by atomic mass is 9.97. The van der Waals surface area contributed by atoms with E-state index in [-0.39, 0.29) is 5.91 Å². The molecule has 1 atom stereocenters. The van der Waals surface area contributed by atoms with Gasteiger partial charge in [-0.15, -0.1) is 0 Å². The maximum Gasteiger partial charge on any atom is 0.223 e. The molecule has 0 aliphatic heterocycles. The third-order valence-corrected chi connectivity index (χ3v) is 4.93. The molecule has 0 spiro atoms. The topological polar surface area (TPSA) is 36.4 Å². The number of aryl methyl sites for hydroxylation is 1. The van der Waals surface area contributed by atoms with Crippen LogP contribution in [0.5, 0.6) is 0 Å². The predicted molar refractivity (Wildman–Crippen MR) is 100 cm³/mol. The zero-order valence-corrected chi connectivity index (χ0v) is 15.2. The molecule has 1 heterocycles. The predicted octanol–water partition coefficient (Wildman–Crippen LogP) is 3.09. The van der Waals surface area contributed by atoms with E-state index in [2.05, 4.69) is 34.1 Å². The number of pyridine rings is 1. The Morgan fingerprint density at radius 1 is 1.12 bits per heavy atom. The Balaban J connectivity index is 1.68. The first-order chi connectivity index (χ1) is 12.1. The fourth-order valence-corrected chi connectivity index (χ4v) is 3.50. The number of carbonyl (C=O) groups excluding carboxylic acids is 1. The Morgan fingerprint density at radius 2 is 1.92 bits per heavy atom. The van der Waals surface area contributed by atoms with E-state index in [1.807, 2.05) is 37.2 Å². The van der Waals surface area contributed by atoms with Crippen molar-refractivity contribution in [2.24, 2.45) is 0 Å². The highest BCUT2D eigenvalue weighted by Crippen LogP contribution is 2.35. The third-order valence-electron chi connectivity index (χ3n) is 4.93. The van der Waals surface area contributed by atoms with Crippen molar-refractivity contribution in [2.75, 3.05) is 27.2 Å². The molecule has 0 saturated heterocycles. The minimum absolute atomic E-state index is 0.231. The van der Waals surface area contributed by atoms with Gasteiger partial charge in [0.05, 0.1) is 12.2 Å². The highest BCUT2D eigenvalue weighted by atomic mass is 16.2. The number of aromatic nitrogens is 1. The van der Waals surface area contributed by atoms with E-state index >= 15 is 0 Å². The molecule has 1 aromatic carbocycles.